The van der Waals surface area contributed by atoms with Gasteiger partial charge in [0.25, 0.3) is 0 Å². The van der Waals surface area contributed by atoms with Crippen LogP contribution in [0.1, 0.15) is 25.0 Å². The lowest BCUT2D eigenvalue weighted by Gasteiger charge is -2.22. The molecule has 0 atom stereocenters. The maximum absolute atomic E-state index is 9.96. The van der Waals surface area contributed by atoms with E-state index in [1.54, 1.807) is 34.1 Å². The highest BCUT2D eigenvalue weighted by molar-refractivity contribution is 5.51. The topological polar surface area (TPSA) is 38.7 Å². The molecule has 0 saturated heterocycles. The van der Waals surface area contributed by atoms with E-state index in [1.807, 2.05) is 13.0 Å². The SMILES string of the molecule is COc1ccc(C(C)(C)O)c(C)c1OC. The summed E-state index contributed by atoms with van der Waals surface area (Å²) in [5, 5.41) is 9.96. The largest absolute Gasteiger partial charge is 0.493 e. The van der Waals surface area contributed by atoms with Crippen molar-refractivity contribution in [2.75, 3.05) is 14.2 Å². The summed E-state index contributed by atoms with van der Waals surface area (Å²) in [4.78, 5) is 0. The van der Waals surface area contributed by atoms with Crippen LogP contribution in [0.15, 0.2) is 12.1 Å². The average Bonchev–Trinajstić information content (AvgIpc) is 2.15. The standard InChI is InChI=1S/C12H18O3/c1-8-9(12(2,3)13)6-7-10(14-4)11(8)15-5/h6-7,13H,1-5H3. The van der Waals surface area contributed by atoms with Gasteiger partial charge in [0.2, 0.25) is 0 Å². The molecule has 0 aliphatic carbocycles. The third-order valence-electron chi connectivity index (χ3n) is 2.45. The van der Waals surface area contributed by atoms with Crippen molar-refractivity contribution in [1.29, 1.82) is 0 Å². The first-order valence-electron chi connectivity index (χ1n) is 4.86. The summed E-state index contributed by atoms with van der Waals surface area (Å²) < 4.78 is 10.4. The van der Waals surface area contributed by atoms with Crippen molar-refractivity contribution in [2.45, 2.75) is 26.4 Å². The molecule has 0 amide bonds. The Morgan fingerprint density at radius 1 is 1.13 bits per heavy atom. The number of hydrogen-bond donors (Lipinski definition) is 1. The maximum Gasteiger partial charge on any atom is 0.163 e. The van der Waals surface area contributed by atoms with Crippen LogP contribution < -0.4 is 9.47 Å². The summed E-state index contributed by atoms with van der Waals surface area (Å²) in [6.45, 7) is 5.41. The van der Waals surface area contributed by atoms with Crippen molar-refractivity contribution in [3.63, 3.8) is 0 Å². The van der Waals surface area contributed by atoms with E-state index >= 15 is 0 Å². The molecular formula is C12H18O3. The Bertz CT molecular complexity index is 351. The number of hydrogen-bond acceptors (Lipinski definition) is 3. The van der Waals surface area contributed by atoms with Gasteiger partial charge < -0.3 is 14.6 Å². The van der Waals surface area contributed by atoms with Crippen molar-refractivity contribution in [3.05, 3.63) is 23.3 Å². The van der Waals surface area contributed by atoms with Crippen molar-refractivity contribution in [3.8, 4) is 11.5 Å². The van der Waals surface area contributed by atoms with Crippen molar-refractivity contribution in [2.24, 2.45) is 0 Å². The number of methoxy groups -OCH3 is 2. The molecule has 1 aromatic rings. The Hall–Kier alpha value is -1.22. The minimum Gasteiger partial charge on any atom is -0.493 e. The highest BCUT2D eigenvalue weighted by Crippen LogP contribution is 2.36. The second kappa shape index (κ2) is 4.11. The normalized spacial score (nSPS) is 11.3. The Kier molecular flexibility index (Phi) is 3.25. The lowest BCUT2D eigenvalue weighted by molar-refractivity contribution is 0.0775. The Morgan fingerprint density at radius 3 is 2.13 bits per heavy atom. The van der Waals surface area contributed by atoms with Gasteiger partial charge in [-0.05, 0) is 32.4 Å². The van der Waals surface area contributed by atoms with Crippen LogP contribution in [-0.4, -0.2) is 19.3 Å². The van der Waals surface area contributed by atoms with E-state index in [2.05, 4.69) is 0 Å². The summed E-state index contributed by atoms with van der Waals surface area (Å²) in [7, 11) is 3.19. The van der Waals surface area contributed by atoms with Gasteiger partial charge in [-0.15, -0.1) is 0 Å². The van der Waals surface area contributed by atoms with Gasteiger partial charge in [-0.3, -0.25) is 0 Å². The quantitative estimate of drug-likeness (QED) is 0.831. The molecule has 0 aliphatic heterocycles. The molecule has 84 valence electrons. The smallest absolute Gasteiger partial charge is 0.163 e. The Balaban J connectivity index is 3.36. The predicted molar refractivity (Wildman–Crippen MR) is 59.5 cm³/mol. The van der Waals surface area contributed by atoms with Crippen LogP contribution in [0.25, 0.3) is 0 Å². The molecule has 1 aromatic carbocycles. The number of rotatable bonds is 3. The zero-order chi connectivity index (χ0) is 11.6. The third kappa shape index (κ3) is 2.23. The summed E-state index contributed by atoms with van der Waals surface area (Å²) in [5.74, 6) is 1.36. The van der Waals surface area contributed by atoms with E-state index in [9.17, 15) is 5.11 Å². The Labute approximate surface area is 90.6 Å². The first kappa shape index (κ1) is 11.9. The Morgan fingerprint density at radius 2 is 1.73 bits per heavy atom. The summed E-state index contributed by atoms with van der Waals surface area (Å²) in [5.41, 5.74) is 0.883. The van der Waals surface area contributed by atoms with Crippen LogP contribution in [0.5, 0.6) is 11.5 Å². The summed E-state index contributed by atoms with van der Waals surface area (Å²) in [6.07, 6.45) is 0. The molecule has 3 heteroatoms. The molecule has 0 radical (unpaired) electrons. The van der Waals surface area contributed by atoms with Crippen LogP contribution in [-0.2, 0) is 5.60 Å². The lowest BCUT2D eigenvalue weighted by atomic mass is 9.93. The van der Waals surface area contributed by atoms with Gasteiger partial charge in [0.15, 0.2) is 11.5 Å². The minimum absolute atomic E-state index is 0.678. The van der Waals surface area contributed by atoms with Gasteiger partial charge in [0, 0.05) is 5.56 Å². The number of benzene rings is 1. The second-order valence-electron chi connectivity index (χ2n) is 4.03. The van der Waals surface area contributed by atoms with Gasteiger partial charge in [-0.25, -0.2) is 0 Å². The number of ether oxygens (including phenoxy) is 2. The lowest BCUT2D eigenvalue weighted by Crippen LogP contribution is -2.17. The zero-order valence-corrected chi connectivity index (χ0v) is 9.92. The number of aliphatic hydroxyl groups is 1. The second-order valence-corrected chi connectivity index (χ2v) is 4.03. The van der Waals surface area contributed by atoms with Gasteiger partial charge in [-0.2, -0.15) is 0 Å². The van der Waals surface area contributed by atoms with E-state index in [-0.39, 0.29) is 0 Å². The third-order valence-corrected chi connectivity index (χ3v) is 2.45. The van der Waals surface area contributed by atoms with Gasteiger partial charge in [0.05, 0.1) is 19.8 Å². The van der Waals surface area contributed by atoms with Gasteiger partial charge in [0.1, 0.15) is 0 Å². The van der Waals surface area contributed by atoms with E-state index in [4.69, 9.17) is 9.47 Å². The van der Waals surface area contributed by atoms with Crippen molar-refractivity contribution in [1.82, 2.24) is 0 Å². The molecule has 1 rings (SSSR count). The van der Waals surface area contributed by atoms with Gasteiger partial charge in [-0.1, -0.05) is 6.07 Å². The fourth-order valence-corrected chi connectivity index (χ4v) is 1.74. The van der Waals surface area contributed by atoms with Crippen LogP contribution >= 0.6 is 0 Å². The molecule has 3 nitrogen and oxygen atoms in total. The van der Waals surface area contributed by atoms with Crippen LogP contribution in [0.2, 0.25) is 0 Å². The molecule has 0 saturated carbocycles. The van der Waals surface area contributed by atoms with E-state index < -0.39 is 5.60 Å². The predicted octanol–water partition coefficient (Wildman–Crippen LogP) is 2.24. The first-order valence-corrected chi connectivity index (χ1v) is 4.86. The molecular weight excluding hydrogens is 192 g/mol. The highest BCUT2D eigenvalue weighted by Gasteiger charge is 2.22. The van der Waals surface area contributed by atoms with E-state index in [0.29, 0.717) is 11.5 Å². The van der Waals surface area contributed by atoms with Crippen molar-refractivity contribution < 1.29 is 14.6 Å². The van der Waals surface area contributed by atoms with Crippen molar-refractivity contribution >= 4 is 0 Å². The minimum atomic E-state index is -0.871. The molecule has 0 heterocycles. The van der Waals surface area contributed by atoms with E-state index in [0.717, 1.165) is 11.1 Å². The summed E-state index contributed by atoms with van der Waals surface area (Å²) >= 11 is 0. The molecule has 0 spiro atoms. The highest BCUT2D eigenvalue weighted by atomic mass is 16.5. The molecule has 0 aliphatic rings. The zero-order valence-electron chi connectivity index (χ0n) is 9.92. The molecule has 0 fully saturated rings. The maximum atomic E-state index is 9.96. The molecule has 0 unspecified atom stereocenters. The van der Waals surface area contributed by atoms with Gasteiger partial charge >= 0.3 is 0 Å². The summed E-state index contributed by atoms with van der Waals surface area (Å²) in [6, 6.07) is 3.66. The molecule has 0 bridgehead atoms. The van der Waals surface area contributed by atoms with Crippen LogP contribution in [0, 0.1) is 6.92 Å². The van der Waals surface area contributed by atoms with E-state index in [1.165, 1.54) is 0 Å². The monoisotopic (exact) mass is 210 g/mol. The van der Waals surface area contributed by atoms with Crippen LogP contribution in [0.3, 0.4) is 0 Å². The van der Waals surface area contributed by atoms with Crippen LogP contribution in [0.4, 0.5) is 0 Å². The first-order chi connectivity index (χ1) is 6.91. The molecule has 15 heavy (non-hydrogen) atoms. The fourth-order valence-electron chi connectivity index (χ4n) is 1.74. The average molecular weight is 210 g/mol. The molecule has 1 N–H and O–H groups in total. The molecule has 0 aromatic heterocycles. The fraction of sp³-hybridized carbons (Fsp3) is 0.500.